The molecule has 1 saturated carbocycles. The largest absolute Gasteiger partial charge is 0.314 e. The van der Waals surface area contributed by atoms with E-state index >= 15 is 0 Å². The summed E-state index contributed by atoms with van der Waals surface area (Å²) in [5, 5.41) is 3.74. The lowest BCUT2D eigenvalue weighted by Gasteiger charge is -2.28. The van der Waals surface area contributed by atoms with E-state index in [0.29, 0.717) is 6.04 Å². The van der Waals surface area contributed by atoms with Crippen LogP contribution in [0.25, 0.3) is 0 Å². The zero-order valence-electron chi connectivity index (χ0n) is 12.6. The van der Waals surface area contributed by atoms with Gasteiger partial charge in [0.05, 0.1) is 0 Å². The molecule has 0 saturated heterocycles. The highest BCUT2D eigenvalue weighted by Gasteiger charge is 2.18. The van der Waals surface area contributed by atoms with Gasteiger partial charge in [0.15, 0.2) is 0 Å². The van der Waals surface area contributed by atoms with Crippen LogP contribution < -0.4 is 5.32 Å². The van der Waals surface area contributed by atoms with Crippen LogP contribution in [0.1, 0.15) is 51.5 Å². The van der Waals surface area contributed by atoms with E-state index in [0.717, 1.165) is 11.8 Å². The highest BCUT2D eigenvalue weighted by Crippen LogP contribution is 2.28. The zero-order chi connectivity index (χ0) is 13.5. The maximum Gasteiger partial charge on any atom is 0.00420 e. The molecule has 1 aliphatic rings. The van der Waals surface area contributed by atoms with Crippen LogP contribution in [0, 0.1) is 11.8 Å². The minimum Gasteiger partial charge on any atom is -0.314 e. The second kappa shape index (κ2) is 7.69. The van der Waals surface area contributed by atoms with Crippen LogP contribution in [-0.4, -0.2) is 12.6 Å². The highest BCUT2D eigenvalue weighted by atomic mass is 14.9. The standard InChI is InChI=1S/C18H29N/c1-15-7-6-10-18(13-15)14-19-16(2)11-12-17-8-4-3-5-9-17/h3-5,8-9,15-16,18-19H,6-7,10-14H2,1-2H3. The van der Waals surface area contributed by atoms with Gasteiger partial charge < -0.3 is 5.32 Å². The predicted molar refractivity (Wildman–Crippen MR) is 83.3 cm³/mol. The maximum absolute atomic E-state index is 3.74. The highest BCUT2D eigenvalue weighted by molar-refractivity contribution is 5.14. The van der Waals surface area contributed by atoms with Crippen LogP contribution >= 0.6 is 0 Å². The van der Waals surface area contributed by atoms with Gasteiger partial charge in [0.2, 0.25) is 0 Å². The molecule has 0 heterocycles. The first-order chi connectivity index (χ1) is 9.24. The van der Waals surface area contributed by atoms with Crippen LogP contribution in [0.4, 0.5) is 0 Å². The fourth-order valence-electron chi connectivity index (χ4n) is 3.24. The number of nitrogens with one attached hydrogen (secondary N) is 1. The number of benzene rings is 1. The van der Waals surface area contributed by atoms with Crippen LogP contribution in [-0.2, 0) is 6.42 Å². The lowest BCUT2D eigenvalue weighted by Crippen LogP contribution is -2.33. The second-order valence-corrected chi connectivity index (χ2v) is 6.47. The number of aryl methyl sites for hydroxylation is 1. The summed E-state index contributed by atoms with van der Waals surface area (Å²) in [6.07, 6.45) is 8.18. The van der Waals surface area contributed by atoms with Crippen molar-refractivity contribution in [2.45, 2.75) is 58.4 Å². The predicted octanol–water partition coefficient (Wildman–Crippen LogP) is 4.42. The molecule has 1 aromatic carbocycles. The summed E-state index contributed by atoms with van der Waals surface area (Å²) in [6.45, 7) is 5.96. The summed E-state index contributed by atoms with van der Waals surface area (Å²) < 4.78 is 0. The first-order valence-corrected chi connectivity index (χ1v) is 8.01. The summed E-state index contributed by atoms with van der Waals surface area (Å²) >= 11 is 0. The molecule has 2 rings (SSSR count). The van der Waals surface area contributed by atoms with Crippen molar-refractivity contribution in [3.05, 3.63) is 35.9 Å². The molecule has 3 atom stereocenters. The van der Waals surface area contributed by atoms with Gasteiger partial charge in [0, 0.05) is 6.04 Å². The van der Waals surface area contributed by atoms with Crippen molar-refractivity contribution in [1.29, 1.82) is 0 Å². The van der Waals surface area contributed by atoms with Crippen molar-refractivity contribution in [2.75, 3.05) is 6.54 Å². The van der Waals surface area contributed by atoms with Gasteiger partial charge in [-0.15, -0.1) is 0 Å². The number of hydrogen-bond acceptors (Lipinski definition) is 1. The van der Waals surface area contributed by atoms with Gasteiger partial charge >= 0.3 is 0 Å². The van der Waals surface area contributed by atoms with E-state index in [9.17, 15) is 0 Å². The topological polar surface area (TPSA) is 12.0 Å². The molecular weight excluding hydrogens is 230 g/mol. The van der Waals surface area contributed by atoms with Crippen molar-refractivity contribution < 1.29 is 0 Å². The first-order valence-electron chi connectivity index (χ1n) is 8.01. The monoisotopic (exact) mass is 259 g/mol. The Morgan fingerprint density at radius 2 is 2.00 bits per heavy atom. The Labute approximate surface area is 118 Å². The Kier molecular flexibility index (Phi) is 5.91. The van der Waals surface area contributed by atoms with Gasteiger partial charge in [-0.1, -0.05) is 50.1 Å². The molecule has 1 heteroatoms. The van der Waals surface area contributed by atoms with Crippen LogP contribution in [0.15, 0.2) is 30.3 Å². The van der Waals surface area contributed by atoms with Crippen LogP contribution in [0.2, 0.25) is 0 Å². The molecular formula is C18H29N. The van der Waals surface area contributed by atoms with Crippen LogP contribution in [0.5, 0.6) is 0 Å². The molecule has 1 nitrogen and oxygen atoms in total. The van der Waals surface area contributed by atoms with E-state index in [-0.39, 0.29) is 0 Å². The molecule has 0 spiro atoms. The normalized spacial score (nSPS) is 25.2. The Balaban J connectivity index is 1.63. The molecule has 0 bridgehead atoms. The fraction of sp³-hybridized carbons (Fsp3) is 0.667. The second-order valence-electron chi connectivity index (χ2n) is 6.47. The SMILES string of the molecule is CC1CCCC(CNC(C)CCc2ccccc2)C1. The third-order valence-electron chi connectivity index (χ3n) is 4.51. The van der Waals surface area contributed by atoms with Gasteiger partial charge in [0.1, 0.15) is 0 Å². The number of hydrogen-bond donors (Lipinski definition) is 1. The molecule has 1 aliphatic carbocycles. The molecule has 0 aromatic heterocycles. The Hall–Kier alpha value is -0.820. The van der Waals surface area contributed by atoms with E-state index in [1.54, 1.807) is 0 Å². The number of rotatable bonds is 6. The third kappa shape index (κ3) is 5.36. The van der Waals surface area contributed by atoms with E-state index in [1.807, 2.05) is 0 Å². The minimum absolute atomic E-state index is 0.637. The van der Waals surface area contributed by atoms with Crippen molar-refractivity contribution >= 4 is 0 Å². The van der Waals surface area contributed by atoms with Gasteiger partial charge in [-0.2, -0.15) is 0 Å². The summed E-state index contributed by atoms with van der Waals surface area (Å²) in [7, 11) is 0. The molecule has 0 aliphatic heterocycles. The van der Waals surface area contributed by atoms with Crippen LogP contribution in [0.3, 0.4) is 0 Å². The molecule has 1 aromatic rings. The molecule has 1 N–H and O–H groups in total. The minimum atomic E-state index is 0.637. The lowest BCUT2D eigenvalue weighted by atomic mass is 9.82. The summed E-state index contributed by atoms with van der Waals surface area (Å²) in [4.78, 5) is 0. The van der Waals surface area contributed by atoms with E-state index < -0.39 is 0 Å². The van der Waals surface area contributed by atoms with Gasteiger partial charge in [-0.05, 0) is 56.6 Å². The third-order valence-corrected chi connectivity index (χ3v) is 4.51. The zero-order valence-corrected chi connectivity index (χ0v) is 12.6. The average Bonchev–Trinajstić information content (AvgIpc) is 2.44. The Bertz CT molecular complexity index is 346. The van der Waals surface area contributed by atoms with E-state index in [1.165, 1.54) is 50.6 Å². The first kappa shape index (κ1) is 14.6. The molecule has 3 unspecified atom stereocenters. The smallest absolute Gasteiger partial charge is 0.00420 e. The molecule has 106 valence electrons. The molecule has 19 heavy (non-hydrogen) atoms. The van der Waals surface area contributed by atoms with E-state index in [2.05, 4.69) is 49.5 Å². The van der Waals surface area contributed by atoms with E-state index in [4.69, 9.17) is 0 Å². The molecule has 0 radical (unpaired) electrons. The lowest BCUT2D eigenvalue weighted by molar-refractivity contribution is 0.267. The Morgan fingerprint density at radius 3 is 2.74 bits per heavy atom. The van der Waals surface area contributed by atoms with Crippen molar-refractivity contribution in [1.82, 2.24) is 5.32 Å². The van der Waals surface area contributed by atoms with Gasteiger partial charge in [0.25, 0.3) is 0 Å². The Morgan fingerprint density at radius 1 is 1.21 bits per heavy atom. The molecule has 1 fully saturated rings. The maximum atomic E-state index is 3.74. The van der Waals surface area contributed by atoms with Gasteiger partial charge in [-0.3, -0.25) is 0 Å². The molecule has 0 amide bonds. The fourth-order valence-corrected chi connectivity index (χ4v) is 3.24. The average molecular weight is 259 g/mol. The van der Waals surface area contributed by atoms with Crippen molar-refractivity contribution in [2.24, 2.45) is 11.8 Å². The summed E-state index contributed by atoms with van der Waals surface area (Å²) in [6, 6.07) is 11.5. The quantitative estimate of drug-likeness (QED) is 0.797. The summed E-state index contributed by atoms with van der Waals surface area (Å²) in [5.74, 6) is 1.86. The van der Waals surface area contributed by atoms with Crippen molar-refractivity contribution in [3.8, 4) is 0 Å². The van der Waals surface area contributed by atoms with Gasteiger partial charge in [-0.25, -0.2) is 0 Å². The summed E-state index contributed by atoms with van der Waals surface area (Å²) in [5.41, 5.74) is 1.46. The van der Waals surface area contributed by atoms with Crippen molar-refractivity contribution in [3.63, 3.8) is 0 Å².